The predicted molar refractivity (Wildman–Crippen MR) is 101 cm³/mol. The molecule has 2 aromatic carbocycles. The maximum atomic E-state index is 12.2. The molecule has 0 saturated carbocycles. The molecule has 0 aliphatic rings. The van der Waals surface area contributed by atoms with E-state index in [0.29, 0.717) is 10.7 Å². The van der Waals surface area contributed by atoms with E-state index in [1.54, 1.807) is 18.3 Å². The van der Waals surface area contributed by atoms with Gasteiger partial charge in [0.25, 0.3) is 0 Å². The van der Waals surface area contributed by atoms with Crippen LogP contribution in [-0.2, 0) is 11.2 Å². The number of amides is 1. The number of nitrogens with zero attached hydrogens (tertiary/aromatic N) is 2. The lowest BCUT2D eigenvalue weighted by Crippen LogP contribution is -2.14. The van der Waals surface area contributed by atoms with Crippen molar-refractivity contribution in [2.24, 2.45) is 0 Å². The van der Waals surface area contributed by atoms with Gasteiger partial charge in [-0.05, 0) is 35.9 Å². The van der Waals surface area contributed by atoms with E-state index in [2.05, 4.69) is 20.3 Å². The number of benzene rings is 2. The molecule has 0 saturated heterocycles. The van der Waals surface area contributed by atoms with Crippen LogP contribution in [0.3, 0.4) is 0 Å². The van der Waals surface area contributed by atoms with Gasteiger partial charge < -0.3 is 10.3 Å². The quantitative estimate of drug-likeness (QED) is 0.556. The topological polar surface area (TPSA) is 70.7 Å². The minimum atomic E-state index is -0.0997. The average molecular weight is 369 g/mol. The van der Waals surface area contributed by atoms with Crippen molar-refractivity contribution >= 4 is 45.6 Å². The summed E-state index contributed by atoms with van der Waals surface area (Å²) in [6.45, 7) is 0. The summed E-state index contributed by atoms with van der Waals surface area (Å²) in [7, 11) is 0. The first-order valence-electron chi connectivity index (χ1n) is 7.61. The summed E-state index contributed by atoms with van der Waals surface area (Å²) in [5, 5.41) is 6.26. The molecule has 0 aliphatic carbocycles. The molecule has 0 fully saturated rings. The van der Waals surface area contributed by atoms with Gasteiger partial charge in [-0.15, -0.1) is 11.3 Å². The third-order valence-corrected chi connectivity index (χ3v) is 4.67. The smallest absolute Gasteiger partial charge is 0.228 e. The molecule has 2 aromatic heterocycles. The van der Waals surface area contributed by atoms with Crippen molar-refractivity contribution in [1.82, 2.24) is 15.0 Å². The maximum absolute atomic E-state index is 12.2. The van der Waals surface area contributed by atoms with Crippen LogP contribution in [0.5, 0.6) is 0 Å². The van der Waals surface area contributed by atoms with Crippen LogP contribution in [0.1, 0.15) is 5.56 Å². The number of imidazole rings is 1. The average Bonchev–Trinajstić information content (AvgIpc) is 3.23. The van der Waals surface area contributed by atoms with Gasteiger partial charge in [-0.25, -0.2) is 9.97 Å². The van der Waals surface area contributed by atoms with Crippen LogP contribution in [0.2, 0.25) is 5.02 Å². The molecule has 25 heavy (non-hydrogen) atoms. The molecule has 0 bridgehead atoms. The van der Waals surface area contributed by atoms with Gasteiger partial charge >= 0.3 is 0 Å². The van der Waals surface area contributed by atoms with Crippen LogP contribution in [0, 0.1) is 0 Å². The normalized spacial score (nSPS) is 10.9. The summed E-state index contributed by atoms with van der Waals surface area (Å²) in [6, 6.07) is 12.9. The van der Waals surface area contributed by atoms with Crippen LogP contribution in [0.15, 0.2) is 54.0 Å². The van der Waals surface area contributed by atoms with Gasteiger partial charge in [0.2, 0.25) is 5.91 Å². The first kappa shape index (κ1) is 15.8. The number of anilines is 1. The Kier molecular flexibility index (Phi) is 4.21. The Bertz CT molecular complexity index is 1040. The number of thiazole rings is 1. The largest absolute Gasteiger partial charge is 0.336 e. The minimum absolute atomic E-state index is 0.0997. The fourth-order valence-corrected chi connectivity index (χ4v) is 3.36. The van der Waals surface area contributed by atoms with E-state index in [1.807, 2.05) is 35.7 Å². The molecule has 2 N–H and O–H groups in total. The summed E-state index contributed by atoms with van der Waals surface area (Å²) in [5.41, 5.74) is 3.26. The summed E-state index contributed by atoms with van der Waals surface area (Å²) in [4.78, 5) is 24.3. The van der Waals surface area contributed by atoms with Crippen LogP contribution >= 0.6 is 22.9 Å². The molecule has 2 heterocycles. The first-order chi connectivity index (χ1) is 12.2. The van der Waals surface area contributed by atoms with Crippen molar-refractivity contribution in [3.05, 3.63) is 64.6 Å². The Morgan fingerprint density at radius 2 is 2.16 bits per heavy atom. The summed E-state index contributed by atoms with van der Waals surface area (Å²) in [5.74, 6) is 0.629. The van der Waals surface area contributed by atoms with Crippen molar-refractivity contribution in [2.75, 3.05) is 5.32 Å². The van der Waals surface area contributed by atoms with Gasteiger partial charge in [-0.2, -0.15) is 0 Å². The molecule has 0 atom stereocenters. The van der Waals surface area contributed by atoms with Gasteiger partial charge in [0.15, 0.2) is 10.8 Å². The highest BCUT2D eigenvalue weighted by Crippen LogP contribution is 2.24. The van der Waals surface area contributed by atoms with E-state index >= 15 is 0 Å². The molecule has 5 nitrogen and oxygen atoms in total. The van der Waals surface area contributed by atoms with Crippen molar-refractivity contribution in [3.8, 4) is 10.8 Å². The zero-order valence-electron chi connectivity index (χ0n) is 13.0. The monoisotopic (exact) mass is 368 g/mol. The van der Waals surface area contributed by atoms with Crippen molar-refractivity contribution in [3.63, 3.8) is 0 Å². The number of rotatable bonds is 4. The van der Waals surface area contributed by atoms with E-state index in [0.717, 1.165) is 27.4 Å². The highest BCUT2D eigenvalue weighted by molar-refractivity contribution is 7.13. The van der Waals surface area contributed by atoms with Crippen LogP contribution in [-0.4, -0.2) is 20.9 Å². The molecule has 4 rings (SSSR count). The number of hydrogen-bond acceptors (Lipinski definition) is 4. The lowest BCUT2D eigenvalue weighted by atomic mass is 10.1. The van der Waals surface area contributed by atoms with Crippen LogP contribution < -0.4 is 5.32 Å². The van der Waals surface area contributed by atoms with Crippen molar-refractivity contribution in [1.29, 1.82) is 0 Å². The predicted octanol–water partition coefficient (Wildman–Crippen LogP) is 4.52. The summed E-state index contributed by atoms with van der Waals surface area (Å²) >= 11 is 7.47. The standard InChI is InChI=1S/C18H13ClN4OS/c19-12-3-1-2-11(8-12)9-16(24)21-13-4-5-14-15(10-13)23-17(22-14)18-20-6-7-25-18/h1-8,10H,9H2,(H,21,24)(H,22,23). The fourth-order valence-electron chi connectivity index (χ4n) is 2.56. The number of aromatic nitrogens is 3. The van der Waals surface area contributed by atoms with E-state index in [-0.39, 0.29) is 12.3 Å². The second-order valence-electron chi connectivity index (χ2n) is 5.51. The number of aromatic amines is 1. The number of fused-ring (bicyclic) bond motifs is 1. The van der Waals surface area contributed by atoms with Gasteiger partial charge in [0.05, 0.1) is 17.5 Å². The van der Waals surface area contributed by atoms with Gasteiger partial charge in [0, 0.05) is 22.3 Å². The molecule has 0 spiro atoms. The number of carbonyl (C=O) groups excluding carboxylic acids is 1. The third kappa shape index (κ3) is 3.55. The lowest BCUT2D eigenvalue weighted by molar-refractivity contribution is -0.115. The van der Waals surface area contributed by atoms with E-state index in [9.17, 15) is 4.79 Å². The number of nitrogens with one attached hydrogen (secondary N) is 2. The molecule has 0 radical (unpaired) electrons. The Hall–Kier alpha value is -2.70. The van der Waals surface area contributed by atoms with Gasteiger partial charge in [0.1, 0.15) is 0 Å². The Labute approximate surface area is 152 Å². The molecule has 0 unspecified atom stereocenters. The number of H-pyrrole nitrogens is 1. The number of carbonyl (C=O) groups is 1. The van der Waals surface area contributed by atoms with Crippen LogP contribution in [0.25, 0.3) is 21.9 Å². The zero-order chi connectivity index (χ0) is 17.2. The molecule has 1 amide bonds. The van der Waals surface area contributed by atoms with Gasteiger partial charge in [-0.3, -0.25) is 4.79 Å². The highest BCUT2D eigenvalue weighted by atomic mass is 35.5. The molecule has 7 heteroatoms. The zero-order valence-corrected chi connectivity index (χ0v) is 14.6. The van der Waals surface area contributed by atoms with E-state index in [1.165, 1.54) is 11.3 Å². The second-order valence-corrected chi connectivity index (χ2v) is 6.84. The lowest BCUT2D eigenvalue weighted by Gasteiger charge is -2.05. The molecule has 0 aliphatic heterocycles. The third-order valence-electron chi connectivity index (χ3n) is 3.66. The number of hydrogen-bond donors (Lipinski definition) is 2. The van der Waals surface area contributed by atoms with Gasteiger partial charge in [-0.1, -0.05) is 23.7 Å². The first-order valence-corrected chi connectivity index (χ1v) is 8.87. The van der Waals surface area contributed by atoms with Crippen LogP contribution in [0.4, 0.5) is 5.69 Å². The Morgan fingerprint density at radius 1 is 1.24 bits per heavy atom. The fraction of sp³-hybridized carbons (Fsp3) is 0.0556. The summed E-state index contributed by atoms with van der Waals surface area (Å²) < 4.78 is 0. The van der Waals surface area contributed by atoms with Crippen molar-refractivity contribution in [2.45, 2.75) is 6.42 Å². The molecule has 4 aromatic rings. The molecular weight excluding hydrogens is 356 g/mol. The van der Waals surface area contributed by atoms with E-state index in [4.69, 9.17) is 11.6 Å². The highest BCUT2D eigenvalue weighted by Gasteiger charge is 2.09. The summed E-state index contributed by atoms with van der Waals surface area (Å²) in [6.07, 6.45) is 2.01. The molecule has 124 valence electrons. The SMILES string of the molecule is O=C(Cc1cccc(Cl)c1)Nc1ccc2[nH]c(-c3nccs3)nc2c1. The van der Waals surface area contributed by atoms with E-state index < -0.39 is 0 Å². The maximum Gasteiger partial charge on any atom is 0.228 e. The second kappa shape index (κ2) is 6.66. The van der Waals surface area contributed by atoms with Crippen molar-refractivity contribution < 1.29 is 4.79 Å². The molecular formula is C18H13ClN4OS. The Morgan fingerprint density at radius 3 is 2.96 bits per heavy atom. The Balaban J connectivity index is 1.52. The minimum Gasteiger partial charge on any atom is -0.336 e. The number of halogens is 1.